The predicted molar refractivity (Wildman–Crippen MR) is 183 cm³/mol. The van der Waals surface area contributed by atoms with Crippen LogP contribution in [0.2, 0.25) is 0 Å². The standard InChI is InChI=1S/C41H56F2O/c1-5-7-8-12-31-17-20-35(26-30(31)6-2)37-22-24-39(41(43)28-37)34-18-15-32(16-19-34)36-21-23-38(40(42)27-36)33(14-10-25-44)13-9-11-29(3)4/h17,20-24,26-27,32-34,37,44H,3,5-16,18-19,25,28H2,1-2,4H3. The van der Waals surface area contributed by atoms with Gasteiger partial charge in [0, 0.05) is 18.9 Å². The monoisotopic (exact) mass is 602 g/mol. The van der Waals surface area contributed by atoms with E-state index in [4.69, 9.17) is 0 Å². The fourth-order valence-corrected chi connectivity index (χ4v) is 7.60. The molecular weight excluding hydrogens is 546 g/mol. The Labute approximate surface area is 266 Å². The van der Waals surface area contributed by atoms with E-state index in [1.807, 2.05) is 13.0 Å². The Morgan fingerprint density at radius 3 is 2.27 bits per heavy atom. The maximum absolute atomic E-state index is 15.6. The maximum atomic E-state index is 15.6. The first-order chi connectivity index (χ1) is 21.3. The minimum atomic E-state index is -0.113. The molecule has 0 aromatic heterocycles. The minimum absolute atomic E-state index is 0.0574. The van der Waals surface area contributed by atoms with Crippen molar-refractivity contribution in [3.05, 3.63) is 106 Å². The number of aliphatic hydroxyl groups excluding tert-OH is 1. The van der Waals surface area contributed by atoms with Crippen LogP contribution in [0.25, 0.3) is 0 Å². The summed E-state index contributed by atoms with van der Waals surface area (Å²) in [5.74, 6) is 0.742. The van der Waals surface area contributed by atoms with Crippen molar-refractivity contribution in [1.82, 2.24) is 0 Å². The number of allylic oxidation sites excluding steroid dienone is 5. The van der Waals surface area contributed by atoms with E-state index in [1.54, 1.807) is 6.07 Å². The van der Waals surface area contributed by atoms with E-state index in [1.165, 1.54) is 36.0 Å². The van der Waals surface area contributed by atoms with Gasteiger partial charge in [-0.1, -0.05) is 74.7 Å². The fraction of sp³-hybridized carbons (Fsp3) is 0.561. The summed E-state index contributed by atoms with van der Waals surface area (Å²) in [7, 11) is 0. The highest BCUT2D eigenvalue weighted by molar-refractivity contribution is 5.41. The number of aryl methyl sites for hydroxylation is 2. The molecule has 0 heterocycles. The van der Waals surface area contributed by atoms with Gasteiger partial charge in [0.1, 0.15) is 11.6 Å². The number of hydrogen-bond donors (Lipinski definition) is 1. The van der Waals surface area contributed by atoms with Gasteiger partial charge in [0.2, 0.25) is 0 Å². The molecule has 44 heavy (non-hydrogen) atoms. The lowest BCUT2D eigenvalue weighted by molar-refractivity contribution is 0.277. The van der Waals surface area contributed by atoms with Crippen LogP contribution in [0.4, 0.5) is 8.78 Å². The van der Waals surface area contributed by atoms with E-state index < -0.39 is 0 Å². The van der Waals surface area contributed by atoms with Gasteiger partial charge in [0.15, 0.2) is 0 Å². The molecule has 0 aliphatic heterocycles. The van der Waals surface area contributed by atoms with Crippen molar-refractivity contribution in [2.45, 2.75) is 135 Å². The van der Waals surface area contributed by atoms with Crippen LogP contribution >= 0.6 is 0 Å². The average Bonchev–Trinajstić information content (AvgIpc) is 3.03. The quantitative estimate of drug-likeness (QED) is 0.150. The molecule has 0 bridgehead atoms. The predicted octanol–water partition coefficient (Wildman–Crippen LogP) is 12.0. The molecule has 2 aliphatic carbocycles. The first-order valence-electron chi connectivity index (χ1n) is 17.6. The molecule has 2 atom stereocenters. The lowest BCUT2D eigenvalue weighted by Gasteiger charge is -2.32. The summed E-state index contributed by atoms with van der Waals surface area (Å²) in [4.78, 5) is 0. The van der Waals surface area contributed by atoms with Crippen LogP contribution in [0.15, 0.2) is 72.1 Å². The molecule has 240 valence electrons. The second kappa shape index (κ2) is 17.2. The molecule has 0 saturated heterocycles. The van der Waals surface area contributed by atoms with Crippen LogP contribution in [-0.4, -0.2) is 11.7 Å². The molecule has 2 aliphatic rings. The summed E-state index contributed by atoms with van der Waals surface area (Å²) < 4.78 is 31.1. The Balaban J connectivity index is 1.35. The van der Waals surface area contributed by atoms with Gasteiger partial charge in [-0.2, -0.15) is 0 Å². The highest BCUT2D eigenvalue weighted by atomic mass is 19.1. The van der Waals surface area contributed by atoms with Crippen molar-refractivity contribution in [2.75, 3.05) is 6.61 Å². The average molecular weight is 603 g/mol. The minimum Gasteiger partial charge on any atom is -0.396 e. The summed E-state index contributed by atoms with van der Waals surface area (Å²) in [6.45, 7) is 10.6. The van der Waals surface area contributed by atoms with Gasteiger partial charge in [-0.25, -0.2) is 8.78 Å². The summed E-state index contributed by atoms with van der Waals surface area (Å²) in [6.07, 6.45) is 18.8. The van der Waals surface area contributed by atoms with Crippen LogP contribution in [0, 0.1) is 11.7 Å². The normalized spacial score (nSPS) is 21.1. The fourth-order valence-electron chi connectivity index (χ4n) is 7.60. The third-order valence-electron chi connectivity index (χ3n) is 10.3. The van der Waals surface area contributed by atoms with Crippen molar-refractivity contribution in [3.63, 3.8) is 0 Å². The number of benzene rings is 2. The molecule has 0 radical (unpaired) electrons. The Kier molecular flexibility index (Phi) is 13.5. The summed E-state index contributed by atoms with van der Waals surface area (Å²) >= 11 is 0. The zero-order chi connectivity index (χ0) is 31.5. The van der Waals surface area contributed by atoms with Crippen LogP contribution in [0.1, 0.15) is 150 Å². The molecule has 1 saturated carbocycles. The third-order valence-corrected chi connectivity index (χ3v) is 10.3. The van der Waals surface area contributed by atoms with Gasteiger partial charge in [-0.3, -0.25) is 0 Å². The number of hydrogen-bond acceptors (Lipinski definition) is 1. The zero-order valence-corrected chi connectivity index (χ0v) is 27.7. The van der Waals surface area contributed by atoms with Gasteiger partial charge in [-0.05, 0) is 141 Å². The van der Waals surface area contributed by atoms with Crippen LogP contribution < -0.4 is 0 Å². The molecule has 1 nitrogen and oxygen atoms in total. The van der Waals surface area contributed by atoms with Crippen molar-refractivity contribution in [2.24, 2.45) is 5.92 Å². The lowest BCUT2D eigenvalue weighted by atomic mass is 9.73. The SMILES string of the molecule is C=C(C)CCCC(CCCO)c1ccc(C2CCC(C3=C(F)CC(c4ccc(CCCCC)c(CC)c4)C=C3)CC2)cc1F. The van der Waals surface area contributed by atoms with Crippen molar-refractivity contribution < 1.29 is 13.9 Å². The van der Waals surface area contributed by atoms with Gasteiger partial charge >= 0.3 is 0 Å². The van der Waals surface area contributed by atoms with Crippen LogP contribution in [0.5, 0.6) is 0 Å². The van der Waals surface area contributed by atoms with E-state index in [-0.39, 0.29) is 36.0 Å². The van der Waals surface area contributed by atoms with E-state index >= 15 is 8.78 Å². The van der Waals surface area contributed by atoms with Gasteiger partial charge in [-0.15, -0.1) is 6.58 Å². The molecule has 0 amide bonds. The molecule has 3 heteroatoms. The number of aliphatic hydroxyl groups is 1. The number of halogens is 2. The number of unbranched alkanes of at least 4 members (excludes halogenated alkanes) is 2. The Hall–Kier alpha value is -2.52. The molecule has 1 N–H and O–H groups in total. The molecule has 1 fully saturated rings. The smallest absolute Gasteiger partial charge is 0.126 e. The number of rotatable bonds is 16. The molecule has 2 unspecified atom stereocenters. The van der Waals surface area contributed by atoms with Crippen molar-refractivity contribution >= 4 is 0 Å². The first kappa shape index (κ1) is 34.4. The van der Waals surface area contributed by atoms with E-state index in [0.717, 1.165) is 86.5 Å². The third kappa shape index (κ3) is 9.25. The largest absolute Gasteiger partial charge is 0.396 e. The van der Waals surface area contributed by atoms with E-state index in [2.05, 4.69) is 56.8 Å². The highest BCUT2D eigenvalue weighted by Gasteiger charge is 2.29. The molecule has 0 spiro atoms. The second-order valence-corrected chi connectivity index (χ2v) is 13.6. The van der Waals surface area contributed by atoms with Crippen molar-refractivity contribution in [1.29, 1.82) is 0 Å². The molecule has 2 aromatic rings. The van der Waals surface area contributed by atoms with Crippen molar-refractivity contribution in [3.8, 4) is 0 Å². The van der Waals surface area contributed by atoms with Gasteiger partial charge in [0.05, 0.1) is 0 Å². The molecule has 2 aromatic carbocycles. The second-order valence-electron chi connectivity index (χ2n) is 13.6. The molecule has 4 rings (SSSR count). The topological polar surface area (TPSA) is 20.2 Å². The van der Waals surface area contributed by atoms with Crippen LogP contribution in [0.3, 0.4) is 0 Å². The summed E-state index contributed by atoms with van der Waals surface area (Å²) in [5, 5.41) is 9.38. The summed E-state index contributed by atoms with van der Waals surface area (Å²) in [6, 6.07) is 12.7. The molecular formula is C41H56F2O. The Morgan fingerprint density at radius 2 is 1.61 bits per heavy atom. The highest BCUT2D eigenvalue weighted by Crippen LogP contribution is 2.44. The zero-order valence-electron chi connectivity index (χ0n) is 27.7. The first-order valence-corrected chi connectivity index (χ1v) is 17.6. The van der Waals surface area contributed by atoms with E-state index in [9.17, 15) is 5.11 Å². The summed E-state index contributed by atoms with van der Waals surface area (Å²) in [5.41, 5.74) is 8.01. The van der Waals surface area contributed by atoms with Gasteiger partial charge < -0.3 is 5.11 Å². The lowest BCUT2D eigenvalue weighted by Crippen LogP contribution is -2.17. The van der Waals surface area contributed by atoms with E-state index in [0.29, 0.717) is 18.8 Å². The Morgan fingerprint density at radius 1 is 0.886 bits per heavy atom. The maximum Gasteiger partial charge on any atom is 0.126 e. The van der Waals surface area contributed by atoms with Crippen LogP contribution in [-0.2, 0) is 12.8 Å². The Bertz CT molecular complexity index is 1280. The van der Waals surface area contributed by atoms with Gasteiger partial charge in [0.25, 0.3) is 0 Å².